The van der Waals surface area contributed by atoms with E-state index in [0.29, 0.717) is 28.3 Å². The highest BCUT2D eigenvalue weighted by molar-refractivity contribution is 5.99. The summed E-state index contributed by atoms with van der Waals surface area (Å²) in [5.41, 5.74) is 9.87. The van der Waals surface area contributed by atoms with E-state index < -0.39 is 5.91 Å². The average Bonchev–Trinajstić information content (AvgIpc) is 3.45. The van der Waals surface area contributed by atoms with Gasteiger partial charge >= 0.3 is 0 Å². The van der Waals surface area contributed by atoms with Crippen molar-refractivity contribution in [2.45, 2.75) is 0 Å². The predicted molar refractivity (Wildman–Crippen MR) is 114 cm³/mol. The fourth-order valence-corrected chi connectivity index (χ4v) is 3.00. The second-order valence-corrected chi connectivity index (χ2v) is 6.32. The molecule has 2 aromatic carbocycles. The Hall–Kier alpha value is -4.74. The summed E-state index contributed by atoms with van der Waals surface area (Å²) < 4.78 is 16.6. The quantitative estimate of drug-likeness (QED) is 0.326. The number of aromatic nitrogens is 5. The third-order valence-electron chi connectivity index (χ3n) is 4.43. The molecular formula is C20H18N8O4. The van der Waals surface area contributed by atoms with E-state index in [1.54, 1.807) is 30.3 Å². The van der Waals surface area contributed by atoms with Gasteiger partial charge in [-0.15, -0.1) is 5.10 Å². The molecule has 4 aromatic rings. The van der Waals surface area contributed by atoms with Gasteiger partial charge in [0.15, 0.2) is 17.2 Å². The number of carbonyl (C=O) groups is 1. The normalized spacial score (nSPS) is 10.9. The van der Waals surface area contributed by atoms with Crippen molar-refractivity contribution in [2.24, 2.45) is 5.10 Å². The molecule has 0 aliphatic carbocycles. The van der Waals surface area contributed by atoms with Crippen LogP contribution in [0.25, 0.3) is 17.1 Å². The molecule has 0 unspecified atom stereocenters. The Bertz CT molecular complexity index is 1270. The first kappa shape index (κ1) is 20.5. The summed E-state index contributed by atoms with van der Waals surface area (Å²) in [5.74, 6) is 0.541. The summed E-state index contributed by atoms with van der Waals surface area (Å²) in [6, 6.07) is 14.3. The van der Waals surface area contributed by atoms with Gasteiger partial charge in [-0.2, -0.15) is 9.78 Å². The van der Waals surface area contributed by atoms with Gasteiger partial charge in [0.25, 0.3) is 5.91 Å². The zero-order valence-electron chi connectivity index (χ0n) is 17.1. The number of para-hydroxylation sites is 1. The number of nitrogens with one attached hydrogen (secondary N) is 1. The summed E-state index contributed by atoms with van der Waals surface area (Å²) in [7, 11) is 3.05. The minimum absolute atomic E-state index is 0.00202. The van der Waals surface area contributed by atoms with Gasteiger partial charge in [0.05, 0.1) is 20.4 Å². The summed E-state index contributed by atoms with van der Waals surface area (Å²) in [4.78, 5) is 12.9. The molecule has 2 heterocycles. The van der Waals surface area contributed by atoms with Crippen molar-refractivity contribution in [3.63, 3.8) is 0 Å². The molecule has 2 aromatic heterocycles. The smallest absolute Gasteiger partial charge is 0.294 e. The van der Waals surface area contributed by atoms with Gasteiger partial charge in [0.1, 0.15) is 5.69 Å². The van der Waals surface area contributed by atoms with E-state index in [-0.39, 0.29) is 17.3 Å². The van der Waals surface area contributed by atoms with Crippen molar-refractivity contribution in [2.75, 3.05) is 20.0 Å². The predicted octanol–water partition coefficient (Wildman–Crippen LogP) is 1.68. The lowest BCUT2D eigenvalue weighted by Gasteiger charge is -2.09. The van der Waals surface area contributed by atoms with Crippen LogP contribution < -0.4 is 20.6 Å². The molecule has 0 saturated heterocycles. The fourth-order valence-electron chi connectivity index (χ4n) is 3.00. The van der Waals surface area contributed by atoms with Crippen LogP contribution in [0.4, 0.5) is 5.82 Å². The number of nitrogens with two attached hydrogens (primary N) is 1. The highest BCUT2D eigenvalue weighted by Gasteiger charge is 2.25. The first-order valence-electron chi connectivity index (χ1n) is 9.28. The molecule has 1 amide bonds. The van der Waals surface area contributed by atoms with Crippen molar-refractivity contribution in [3.8, 4) is 28.6 Å². The first-order valence-corrected chi connectivity index (χ1v) is 9.28. The van der Waals surface area contributed by atoms with Gasteiger partial charge < -0.3 is 15.2 Å². The SMILES string of the molecule is COc1cccc(/C=N\NC(=O)c2nnn(-c3nonc3N)c2-c2ccccc2)c1OC. The van der Waals surface area contributed by atoms with Crippen molar-refractivity contribution < 1.29 is 18.9 Å². The number of carbonyl (C=O) groups excluding carboxylic acids is 1. The van der Waals surface area contributed by atoms with Crippen LogP contribution in [0.1, 0.15) is 16.1 Å². The number of anilines is 1. The maximum Gasteiger partial charge on any atom is 0.294 e. The lowest BCUT2D eigenvalue weighted by atomic mass is 10.1. The molecule has 162 valence electrons. The topological polar surface area (TPSA) is 156 Å². The Kier molecular flexibility index (Phi) is 5.74. The summed E-state index contributed by atoms with van der Waals surface area (Å²) in [5, 5.41) is 19.3. The molecule has 12 heteroatoms. The average molecular weight is 434 g/mol. The number of amides is 1. The lowest BCUT2D eigenvalue weighted by Crippen LogP contribution is -2.19. The molecular weight excluding hydrogens is 416 g/mol. The van der Waals surface area contributed by atoms with E-state index in [1.165, 1.54) is 25.1 Å². The zero-order valence-corrected chi connectivity index (χ0v) is 17.1. The van der Waals surface area contributed by atoms with Crippen LogP contribution in [0.3, 0.4) is 0 Å². The number of nitrogens with zero attached hydrogens (tertiary/aromatic N) is 6. The molecule has 4 rings (SSSR count). The molecule has 12 nitrogen and oxygen atoms in total. The van der Waals surface area contributed by atoms with Gasteiger partial charge in [0.2, 0.25) is 11.6 Å². The minimum atomic E-state index is -0.594. The van der Waals surface area contributed by atoms with Gasteiger partial charge in [0, 0.05) is 11.1 Å². The first-order chi connectivity index (χ1) is 15.6. The highest BCUT2D eigenvalue weighted by atomic mass is 16.6. The van der Waals surface area contributed by atoms with Gasteiger partial charge in [-0.1, -0.05) is 41.6 Å². The molecule has 0 aliphatic rings. The maximum atomic E-state index is 12.9. The van der Waals surface area contributed by atoms with E-state index >= 15 is 0 Å². The molecule has 0 saturated carbocycles. The van der Waals surface area contributed by atoms with Crippen molar-refractivity contribution in [1.82, 2.24) is 30.7 Å². The van der Waals surface area contributed by atoms with Crippen molar-refractivity contribution >= 4 is 17.9 Å². The van der Waals surface area contributed by atoms with E-state index in [1.807, 2.05) is 18.2 Å². The van der Waals surface area contributed by atoms with Crippen LogP contribution in [0.15, 0.2) is 58.3 Å². The molecule has 0 aliphatic heterocycles. The summed E-state index contributed by atoms with van der Waals surface area (Å²) in [6.45, 7) is 0. The second-order valence-electron chi connectivity index (χ2n) is 6.32. The van der Waals surface area contributed by atoms with Crippen LogP contribution in [0, 0.1) is 0 Å². The van der Waals surface area contributed by atoms with Crippen LogP contribution in [0.5, 0.6) is 11.5 Å². The summed E-state index contributed by atoms with van der Waals surface area (Å²) in [6.07, 6.45) is 1.44. The Morgan fingerprint density at radius 3 is 2.62 bits per heavy atom. The van der Waals surface area contributed by atoms with Crippen molar-refractivity contribution in [3.05, 3.63) is 59.8 Å². The number of hydrogen-bond donors (Lipinski definition) is 2. The molecule has 3 N–H and O–H groups in total. The molecule has 0 spiro atoms. The fraction of sp³-hybridized carbons (Fsp3) is 0.100. The molecule has 0 fully saturated rings. The van der Waals surface area contributed by atoms with Gasteiger partial charge in [-0.25, -0.2) is 10.1 Å². The standard InChI is InChI=1S/C20H18N8O4/c1-30-14-10-6-9-13(17(14)31-2)11-22-24-20(29)15-16(12-7-4-3-5-8-12)28(27-23-15)19-18(21)25-32-26-19/h3-11H,1-2H3,(H2,21,25)(H,24,29)/b22-11-. The lowest BCUT2D eigenvalue weighted by molar-refractivity contribution is 0.0950. The van der Waals surface area contributed by atoms with Crippen LogP contribution in [0.2, 0.25) is 0 Å². The number of ether oxygens (including phenoxy) is 2. The number of hydrazone groups is 1. The Morgan fingerprint density at radius 1 is 1.12 bits per heavy atom. The largest absolute Gasteiger partial charge is 0.493 e. The van der Waals surface area contributed by atoms with Gasteiger partial charge in [-0.05, 0) is 22.4 Å². The Morgan fingerprint density at radius 2 is 1.94 bits per heavy atom. The Labute approximate surface area is 181 Å². The Balaban J connectivity index is 1.66. The zero-order chi connectivity index (χ0) is 22.5. The minimum Gasteiger partial charge on any atom is -0.493 e. The number of nitrogen functional groups attached to an aromatic ring is 1. The second kappa shape index (κ2) is 8.95. The molecule has 0 atom stereocenters. The van der Waals surface area contributed by atoms with Crippen LogP contribution in [-0.4, -0.2) is 51.6 Å². The third-order valence-corrected chi connectivity index (χ3v) is 4.43. The van der Waals surface area contributed by atoms with Gasteiger partial charge in [-0.3, -0.25) is 4.79 Å². The number of benzene rings is 2. The van der Waals surface area contributed by atoms with E-state index in [0.717, 1.165) is 0 Å². The molecule has 32 heavy (non-hydrogen) atoms. The number of hydrogen-bond acceptors (Lipinski definition) is 10. The molecule has 0 bridgehead atoms. The van der Waals surface area contributed by atoms with Crippen molar-refractivity contribution in [1.29, 1.82) is 0 Å². The van der Waals surface area contributed by atoms with Crippen LogP contribution >= 0.6 is 0 Å². The maximum absolute atomic E-state index is 12.9. The van der Waals surface area contributed by atoms with E-state index in [4.69, 9.17) is 15.2 Å². The summed E-state index contributed by atoms with van der Waals surface area (Å²) >= 11 is 0. The number of rotatable bonds is 7. The van der Waals surface area contributed by atoms with Crippen LogP contribution in [-0.2, 0) is 0 Å². The number of methoxy groups -OCH3 is 2. The molecule has 0 radical (unpaired) electrons. The third kappa shape index (κ3) is 3.84. The van der Waals surface area contributed by atoms with E-state index in [9.17, 15) is 4.79 Å². The van der Waals surface area contributed by atoms with E-state index in [2.05, 4.69) is 35.8 Å². The highest BCUT2D eigenvalue weighted by Crippen LogP contribution is 2.29. The monoisotopic (exact) mass is 434 g/mol.